The van der Waals surface area contributed by atoms with Gasteiger partial charge in [0.1, 0.15) is 5.56 Å². The summed E-state index contributed by atoms with van der Waals surface area (Å²) in [6.07, 6.45) is 2.97. The molecule has 0 amide bonds. The number of carboxylic acids is 1. The number of aromatic nitrogens is 1. The first-order chi connectivity index (χ1) is 8.50. The average molecular weight is 271 g/mol. The van der Waals surface area contributed by atoms with Crippen LogP contribution in [0.3, 0.4) is 0 Å². The molecule has 2 rings (SSSR count). The van der Waals surface area contributed by atoms with Crippen molar-refractivity contribution in [1.29, 1.82) is 0 Å². The predicted molar refractivity (Wildman–Crippen MR) is 64.5 cm³/mol. The molecule has 0 bridgehead atoms. The molecule has 0 atom stereocenters. The Morgan fingerprint density at radius 2 is 2.06 bits per heavy atom. The van der Waals surface area contributed by atoms with Crippen LogP contribution in [-0.2, 0) is 10.2 Å². The maximum absolute atomic E-state index is 12.0. The molecule has 1 fully saturated rings. The van der Waals surface area contributed by atoms with Crippen LogP contribution in [0.15, 0.2) is 18.3 Å². The number of pyridine rings is 1. The van der Waals surface area contributed by atoms with Gasteiger partial charge in [0, 0.05) is 19.3 Å². The largest absolute Gasteiger partial charge is 0.478 e. The molecule has 1 aliphatic rings. The zero-order valence-corrected chi connectivity index (χ0v) is 10.4. The third-order valence-electron chi connectivity index (χ3n) is 2.67. The number of hydrogen-bond acceptors (Lipinski definition) is 4. The highest BCUT2D eigenvalue weighted by atomic mass is 32.2. The van der Waals surface area contributed by atoms with Crippen molar-refractivity contribution < 1.29 is 18.3 Å². The van der Waals surface area contributed by atoms with Crippen molar-refractivity contribution in [2.24, 2.45) is 0 Å². The van der Waals surface area contributed by atoms with E-state index in [0.29, 0.717) is 13.1 Å². The molecule has 0 saturated carbocycles. The molecule has 0 unspecified atom stereocenters. The second-order valence-corrected chi connectivity index (χ2v) is 5.59. The van der Waals surface area contributed by atoms with Gasteiger partial charge in [0.15, 0.2) is 5.82 Å². The molecule has 0 aliphatic carbocycles. The van der Waals surface area contributed by atoms with Gasteiger partial charge in [0.05, 0.1) is 0 Å². The predicted octanol–water partition coefficient (Wildman–Crippen LogP) is 0.532. The van der Waals surface area contributed by atoms with Gasteiger partial charge in [0.2, 0.25) is 0 Å². The molecular formula is C10H13N3O4S. The zero-order valence-electron chi connectivity index (χ0n) is 9.54. The summed E-state index contributed by atoms with van der Waals surface area (Å²) in [4.78, 5) is 14.7. The van der Waals surface area contributed by atoms with Crippen LogP contribution in [0, 0.1) is 0 Å². The van der Waals surface area contributed by atoms with Gasteiger partial charge in [0.25, 0.3) is 0 Å². The number of rotatable bonds is 4. The molecule has 2 heterocycles. The Labute approximate surface area is 105 Å². The number of anilines is 1. The lowest BCUT2D eigenvalue weighted by molar-refractivity contribution is 0.0697. The van der Waals surface area contributed by atoms with Crippen molar-refractivity contribution in [3.05, 3.63) is 23.9 Å². The number of nitrogens with one attached hydrogen (secondary N) is 1. The highest BCUT2D eigenvalue weighted by molar-refractivity contribution is 7.90. The first kappa shape index (κ1) is 12.8. The number of aromatic carboxylic acids is 1. The highest BCUT2D eigenvalue weighted by Crippen LogP contribution is 2.18. The second-order valence-electron chi connectivity index (χ2n) is 3.92. The molecule has 98 valence electrons. The summed E-state index contributed by atoms with van der Waals surface area (Å²) in [5.41, 5.74) is -0.166. The molecule has 0 spiro atoms. The molecule has 0 radical (unpaired) electrons. The highest BCUT2D eigenvalue weighted by Gasteiger charge is 2.26. The standard InChI is InChI=1S/C10H13N3O4S/c14-10(15)8-4-3-5-11-9(8)12-18(16,17)13-6-1-2-7-13/h3-5H,1-2,6-7H2,(H,11,12)(H,14,15). The Hall–Kier alpha value is -1.67. The minimum Gasteiger partial charge on any atom is -0.478 e. The maximum atomic E-state index is 12.0. The maximum Gasteiger partial charge on any atom is 0.339 e. The molecule has 1 aromatic heterocycles. The summed E-state index contributed by atoms with van der Waals surface area (Å²) >= 11 is 0. The lowest BCUT2D eigenvalue weighted by Gasteiger charge is -2.16. The quantitative estimate of drug-likeness (QED) is 0.832. The van der Waals surface area contributed by atoms with Gasteiger partial charge < -0.3 is 5.11 Å². The van der Waals surface area contributed by atoms with Crippen LogP contribution >= 0.6 is 0 Å². The Bertz CT molecular complexity index is 552. The molecule has 2 N–H and O–H groups in total. The van der Waals surface area contributed by atoms with Crippen LogP contribution in [0.5, 0.6) is 0 Å². The van der Waals surface area contributed by atoms with Crippen LogP contribution in [-0.4, -0.2) is 41.9 Å². The normalized spacial score (nSPS) is 16.7. The molecule has 1 saturated heterocycles. The summed E-state index contributed by atoms with van der Waals surface area (Å²) in [6.45, 7) is 0.898. The minimum absolute atomic E-state index is 0.156. The van der Waals surface area contributed by atoms with Crippen LogP contribution in [0.2, 0.25) is 0 Å². The third kappa shape index (κ3) is 2.59. The van der Waals surface area contributed by atoms with E-state index in [9.17, 15) is 13.2 Å². The number of carbonyl (C=O) groups is 1. The van der Waals surface area contributed by atoms with Gasteiger partial charge in [-0.05, 0) is 25.0 Å². The molecule has 8 heteroatoms. The van der Waals surface area contributed by atoms with Crippen molar-refractivity contribution >= 4 is 22.0 Å². The van der Waals surface area contributed by atoms with E-state index in [2.05, 4.69) is 9.71 Å². The Kier molecular flexibility index (Phi) is 3.48. The summed E-state index contributed by atoms with van der Waals surface area (Å²) in [7, 11) is -3.71. The number of hydrogen-bond donors (Lipinski definition) is 2. The van der Waals surface area contributed by atoms with Crippen LogP contribution in [0.25, 0.3) is 0 Å². The fourth-order valence-electron chi connectivity index (χ4n) is 1.77. The molecular weight excluding hydrogens is 258 g/mol. The van der Waals surface area contributed by atoms with Gasteiger partial charge in [-0.2, -0.15) is 12.7 Å². The lowest BCUT2D eigenvalue weighted by atomic mass is 10.3. The van der Waals surface area contributed by atoms with Crippen molar-refractivity contribution in [1.82, 2.24) is 9.29 Å². The van der Waals surface area contributed by atoms with Crippen molar-refractivity contribution in [2.75, 3.05) is 17.8 Å². The Morgan fingerprint density at radius 3 is 2.67 bits per heavy atom. The van der Waals surface area contributed by atoms with Gasteiger partial charge >= 0.3 is 16.2 Å². The van der Waals surface area contributed by atoms with E-state index in [-0.39, 0.29) is 11.4 Å². The SMILES string of the molecule is O=C(O)c1cccnc1NS(=O)(=O)N1CCCC1. The van der Waals surface area contributed by atoms with Crippen LogP contribution in [0.4, 0.5) is 5.82 Å². The summed E-state index contributed by atoms with van der Waals surface area (Å²) < 4.78 is 27.4. The van der Waals surface area contributed by atoms with E-state index in [4.69, 9.17) is 5.11 Å². The number of carboxylic acid groups (broad SMARTS) is 1. The Balaban J connectivity index is 2.26. The first-order valence-electron chi connectivity index (χ1n) is 5.47. The van der Waals surface area contributed by atoms with Crippen LogP contribution < -0.4 is 4.72 Å². The molecule has 18 heavy (non-hydrogen) atoms. The van der Waals surface area contributed by atoms with Crippen molar-refractivity contribution in [3.8, 4) is 0 Å². The lowest BCUT2D eigenvalue weighted by Crippen LogP contribution is -2.34. The van der Waals surface area contributed by atoms with E-state index < -0.39 is 16.2 Å². The van der Waals surface area contributed by atoms with Gasteiger partial charge in [-0.3, -0.25) is 4.72 Å². The van der Waals surface area contributed by atoms with Gasteiger partial charge in [-0.1, -0.05) is 0 Å². The molecule has 7 nitrogen and oxygen atoms in total. The first-order valence-corrected chi connectivity index (χ1v) is 6.91. The minimum atomic E-state index is -3.71. The monoisotopic (exact) mass is 271 g/mol. The second kappa shape index (κ2) is 4.91. The van der Waals surface area contributed by atoms with Gasteiger partial charge in [-0.25, -0.2) is 9.78 Å². The fraction of sp³-hybridized carbons (Fsp3) is 0.400. The smallest absolute Gasteiger partial charge is 0.339 e. The average Bonchev–Trinajstić information content (AvgIpc) is 2.83. The zero-order chi connectivity index (χ0) is 13.2. The Morgan fingerprint density at radius 1 is 1.39 bits per heavy atom. The van der Waals surface area contributed by atoms with E-state index in [1.807, 2.05) is 0 Å². The summed E-state index contributed by atoms with van der Waals surface area (Å²) in [5.74, 6) is -1.38. The number of nitrogens with zero attached hydrogens (tertiary/aromatic N) is 2. The molecule has 1 aromatic rings. The molecule has 0 aromatic carbocycles. The van der Waals surface area contributed by atoms with Crippen molar-refractivity contribution in [3.63, 3.8) is 0 Å². The fourth-order valence-corrected chi connectivity index (χ4v) is 3.05. The summed E-state index contributed by atoms with van der Waals surface area (Å²) in [5, 5.41) is 8.94. The summed E-state index contributed by atoms with van der Waals surface area (Å²) in [6, 6.07) is 2.74. The van der Waals surface area contributed by atoms with E-state index in [1.54, 1.807) is 0 Å². The van der Waals surface area contributed by atoms with E-state index in [0.717, 1.165) is 12.8 Å². The van der Waals surface area contributed by atoms with Crippen LogP contribution in [0.1, 0.15) is 23.2 Å². The van der Waals surface area contributed by atoms with Gasteiger partial charge in [-0.15, -0.1) is 0 Å². The van der Waals surface area contributed by atoms with Crippen molar-refractivity contribution in [2.45, 2.75) is 12.8 Å². The molecule has 1 aliphatic heterocycles. The topological polar surface area (TPSA) is 99.6 Å². The van der Waals surface area contributed by atoms with E-state index in [1.165, 1.54) is 22.6 Å². The third-order valence-corrected chi connectivity index (χ3v) is 4.17. The van der Waals surface area contributed by atoms with E-state index >= 15 is 0 Å².